The lowest BCUT2D eigenvalue weighted by Crippen LogP contribution is -2.16. The Hall–Kier alpha value is -3.02. The summed E-state index contributed by atoms with van der Waals surface area (Å²) in [5.74, 6) is -3.38. The van der Waals surface area contributed by atoms with Crippen LogP contribution in [0, 0.1) is 11.6 Å². The molecule has 0 aliphatic heterocycles. The van der Waals surface area contributed by atoms with E-state index in [0.29, 0.717) is 11.1 Å². The molecule has 1 aromatic heterocycles. The van der Waals surface area contributed by atoms with Crippen molar-refractivity contribution < 1.29 is 18.4 Å². The number of fused-ring (bicyclic) bond motifs is 1. The summed E-state index contributed by atoms with van der Waals surface area (Å²) < 4.78 is 29.4. The minimum absolute atomic E-state index is 0.0402. The number of nitrogens with two attached hydrogens (primary N) is 1. The Labute approximate surface area is 130 Å². The van der Waals surface area contributed by atoms with Gasteiger partial charge in [-0.1, -0.05) is 12.1 Å². The molecule has 4 nitrogen and oxygen atoms in total. The summed E-state index contributed by atoms with van der Waals surface area (Å²) in [5.41, 5.74) is 5.31. The second-order valence-corrected chi connectivity index (χ2v) is 5.13. The van der Waals surface area contributed by atoms with Crippen molar-refractivity contribution in [3.63, 3.8) is 0 Å². The first-order chi connectivity index (χ1) is 10.9. The van der Waals surface area contributed by atoms with Gasteiger partial charge in [0.1, 0.15) is 17.2 Å². The topological polar surface area (TPSA) is 65.1 Å². The molecule has 1 amide bonds. The highest BCUT2D eigenvalue weighted by Gasteiger charge is 2.19. The van der Waals surface area contributed by atoms with Gasteiger partial charge in [0.25, 0.3) is 5.91 Å². The Balaban J connectivity index is 2.25. The molecule has 2 aromatic carbocycles. The van der Waals surface area contributed by atoms with Gasteiger partial charge in [0.05, 0.1) is 5.52 Å². The van der Waals surface area contributed by atoms with Crippen LogP contribution in [0.15, 0.2) is 42.6 Å². The standard InChI is InChI=1S/C17H12F2N2O2/c1-9(22)21-7-6-10-2-3-11(8-14(10)21)12-4-5-13(18)15(16(12)19)17(20)23/h2-8H,1H3,(H2,20,23). The quantitative estimate of drug-likeness (QED) is 0.788. The van der Waals surface area contributed by atoms with Gasteiger partial charge in [-0.3, -0.25) is 14.2 Å². The number of carbonyl (C=O) groups excluding carboxylic acids is 2. The molecule has 116 valence electrons. The minimum atomic E-state index is -1.17. The number of nitrogens with zero attached hydrogens (tertiary/aromatic N) is 1. The molecule has 0 saturated heterocycles. The number of carbonyl (C=O) groups is 2. The van der Waals surface area contributed by atoms with Gasteiger partial charge >= 0.3 is 0 Å². The molecule has 3 aromatic rings. The molecular weight excluding hydrogens is 302 g/mol. The highest BCUT2D eigenvalue weighted by atomic mass is 19.1. The Morgan fingerprint density at radius 2 is 1.83 bits per heavy atom. The summed E-state index contributed by atoms with van der Waals surface area (Å²) in [6.07, 6.45) is 1.62. The van der Waals surface area contributed by atoms with Crippen molar-refractivity contribution in [1.82, 2.24) is 4.57 Å². The van der Waals surface area contributed by atoms with Gasteiger partial charge in [0.15, 0.2) is 0 Å². The molecule has 0 unspecified atom stereocenters. The number of rotatable bonds is 2. The Morgan fingerprint density at radius 1 is 1.09 bits per heavy atom. The third kappa shape index (κ3) is 2.38. The highest BCUT2D eigenvalue weighted by molar-refractivity contribution is 5.96. The Morgan fingerprint density at radius 3 is 2.48 bits per heavy atom. The van der Waals surface area contributed by atoms with Gasteiger partial charge in [-0.25, -0.2) is 8.78 Å². The molecule has 0 radical (unpaired) electrons. The molecule has 0 saturated carbocycles. The van der Waals surface area contributed by atoms with E-state index in [4.69, 9.17) is 5.73 Å². The SMILES string of the molecule is CC(=O)n1ccc2ccc(-c3ccc(F)c(C(N)=O)c3F)cc21. The number of aromatic nitrogens is 1. The van der Waals surface area contributed by atoms with Crippen molar-refractivity contribution in [1.29, 1.82) is 0 Å². The molecule has 23 heavy (non-hydrogen) atoms. The molecule has 0 fully saturated rings. The van der Waals surface area contributed by atoms with Crippen LogP contribution in [-0.4, -0.2) is 16.4 Å². The zero-order chi connectivity index (χ0) is 16.7. The summed E-state index contributed by atoms with van der Waals surface area (Å²) in [6, 6.07) is 8.95. The largest absolute Gasteiger partial charge is 0.365 e. The van der Waals surface area contributed by atoms with Gasteiger partial charge in [0, 0.05) is 24.1 Å². The first-order valence-corrected chi connectivity index (χ1v) is 6.80. The summed E-state index contributed by atoms with van der Waals surface area (Å²) in [4.78, 5) is 22.8. The second-order valence-electron chi connectivity index (χ2n) is 5.13. The molecule has 0 aliphatic rings. The summed E-state index contributed by atoms with van der Waals surface area (Å²) >= 11 is 0. The number of halogens is 2. The van der Waals surface area contributed by atoms with Crippen LogP contribution in [-0.2, 0) is 0 Å². The average molecular weight is 314 g/mol. The average Bonchev–Trinajstić information content (AvgIpc) is 2.90. The lowest BCUT2D eigenvalue weighted by atomic mass is 10.0. The summed E-state index contributed by atoms with van der Waals surface area (Å²) in [5, 5.41) is 0.807. The second kappa shape index (κ2) is 5.31. The van der Waals surface area contributed by atoms with Crippen LogP contribution >= 0.6 is 0 Å². The highest BCUT2D eigenvalue weighted by Crippen LogP contribution is 2.29. The predicted molar refractivity (Wildman–Crippen MR) is 82.1 cm³/mol. The van der Waals surface area contributed by atoms with Gasteiger partial charge < -0.3 is 5.73 Å². The van der Waals surface area contributed by atoms with Crippen LogP contribution in [0.1, 0.15) is 22.1 Å². The molecule has 6 heteroatoms. The van der Waals surface area contributed by atoms with Crippen molar-refractivity contribution in [2.75, 3.05) is 0 Å². The van der Waals surface area contributed by atoms with E-state index in [1.807, 2.05) is 0 Å². The van der Waals surface area contributed by atoms with E-state index in [0.717, 1.165) is 11.5 Å². The Kier molecular flexibility index (Phi) is 3.44. The third-order valence-electron chi connectivity index (χ3n) is 3.68. The van der Waals surface area contributed by atoms with E-state index in [1.54, 1.807) is 30.5 Å². The monoisotopic (exact) mass is 314 g/mol. The summed E-state index contributed by atoms with van der Waals surface area (Å²) in [7, 11) is 0. The fraction of sp³-hybridized carbons (Fsp3) is 0.0588. The van der Waals surface area contributed by atoms with Gasteiger partial charge in [-0.2, -0.15) is 0 Å². The normalized spacial score (nSPS) is 10.9. The number of hydrogen-bond donors (Lipinski definition) is 1. The maximum absolute atomic E-state index is 14.4. The van der Waals surface area contributed by atoms with E-state index < -0.39 is 23.1 Å². The van der Waals surface area contributed by atoms with Crippen molar-refractivity contribution in [3.05, 3.63) is 59.8 Å². The van der Waals surface area contributed by atoms with Crippen LogP contribution in [0.2, 0.25) is 0 Å². The number of amides is 1. The van der Waals surface area contributed by atoms with E-state index >= 15 is 0 Å². The maximum Gasteiger partial charge on any atom is 0.254 e. The minimum Gasteiger partial charge on any atom is -0.365 e. The van der Waals surface area contributed by atoms with E-state index in [-0.39, 0.29) is 11.5 Å². The van der Waals surface area contributed by atoms with Crippen molar-refractivity contribution >= 4 is 22.7 Å². The van der Waals surface area contributed by atoms with Gasteiger partial charge in [0.2, 0.25) is 5.91 Å². The van der Waals surface area contributed by atoms with E-state index in [9.17, 15) is 18.4 Å². The smallest absolute Gasteiger partial charge is 0.254 e. The molecule has 1 heterocycles. The number of primary amides is 1. The van der Waals surface area contributed by atoms with Gasteiger partial charge in [-0.05, 0) is 29.8 Å². The van der Waals surface area contributed by atoms with Crippen LogP contribution in [0.25, 0.3) is 22.0 Å². The molecule has 3 rings (SSSR count). The maximum atomic E-state index is 14.4. The molecular formula is C17H12F2N2O2. The fourth-order valence-electron chi connectivity index (χ4n) is 2.57. The molecule has 0 aliphatic carbocycles. The van der Waals surface area contributed by atoms with E-state index in [2.05, 4.69) is 0 Å². The first-order valence-electron chi connectivity index (χ1n) is 6.80. The zero-order valence-corrected chi connectivity index (χ0v) is 12.1. The number of benzene rings is 2. The Bertz CT molecular complexity index is 961. The fourth-order valence-corrected chi connectivity index (χ4v) is 2.57. The van der Waals surface area contributed by atoms with Gasteiger partial charge in [-0.15, -0.1) is 0 Å². The lowest BCUT2D eigenvalue weighted by molar-refractivity contribution is 0.0940. The molecule has 2 N–H and O–H groups in total. The van der Waals surface area contributed by atoms with Crippen LogP contribution in [0.3, 0.4) is 0 Å². The van der Waals surface area contributed by atoms with Crippen molar-refractivity contribution in [2.24, 2.45) is 5.73 Å². The predicted octanol–water partition coefficient (Wildman–Crippen LogP) is 3.35. The third-order valence-corrected chi connectivity index (χ3v) is 3.68. The summed E-state index contributed by atoms with van der Waals surface area (Å²) in [6.45, 7) is 1.41. The van der Waals surface area contributed by atoms with Crippen LogP contribution in [0.5, 0.6) is 0 Å². The van der Waals surface area contributed by atoms with Crippen LogP contribution < -0.4 is 5.73 Å². The van der Waals surface area contributed by atoms with Crippen LogP contribution in [0.4, 0.5) is 8.78 Å². The first kappa shape index (κ1) is 14.9. The molecule has 0 spiro atoms. The molecule has 0 atom stereocenters. The van der Waals surface area contributed by atoms with E-state index in [1.165, 1.54) is 17.6 Å². The number of hydrogen-bond acceptors (Lipinski definition) is 2. The zero-order valence-electron chi connectivity index (χ0n) is 12.1. The molecule has 0 bridgehead atoms. The lowest BCUT2D eigenvalue weighted by Gasteiger charge is -2.09. The van der Waals surface area contributed by atoms with Crippen molar-refractivity contribution in [3.8, 4) is 11.1 Å². The van der Waals surface area contributed by atoms with Crippen molar-refractivity contribution in [2.45, 2.75) is 6.92 Å².